The lowest BCUT2D eigenvalue weighted by atomic mass is 10.1. The summed E-state index contributed by atoms with van der Waals surface area (Å²) in [6, 6.07) is 10.5. The SMILES string of the molecule is CC1C(=O)Nc2ccccc2CN1C(=O)c1ccc[nH]1. The monoisotopic (exact) mass is 269 g/mol. The van der Waals surface area contributed by atoms with Gasteiger partial charge in [0, 0.05) is 18.4 Å². The quantitative estimate of drug-likeness (QED) is 0.831. The molecule has 1 atom stereocenters. The summed E-state index contributed by atoms with van der Waals surface area (Å²) in [6.45, 7) is 2.15. The predicted octanol–water partition coefficient (Wildman–Crippen LogP) is 2.00. The Morgan fingerprint density at radius 1 is 1.25 bits per heavy atom. The van der Waals surface area contributed by atoms with Gasteiger partial charge in [-0.05, 0) is 30.7 Å². The number of carbonyl (C=O) groups excluding carboxylic acids is 2. The number of hydrogen-bond donors (Lipinski definition) is 2. The van der Waals surface area contributed by atoms with Gasteiger partial charge in [-0.3, -0.25) is 9.59 Å². The minimum absolute atomic E-state index is 0.171. The number of hydrogen-bond acceptors (Lipinski definition) is 2. The van der Waals surface area contributed by atoms with Crippen LogP contribution in [-0.4, -0.2) is 27.7 Å². The molecule has 1 aromatic carbocycles. The van der Waals surface area contributed by atoms with E-state index in [4.69, 9.17) is 0 Å². The van der Waals surface area contributed by atoms with Gasteiger partial charge in [-0.25, -0.2) is 0 Å². The molecule has 5 heteroatoms. The third-order valence-electron chi connectivity index (χ3n) is 3.55. The van der Waals surface area contributed by atoms with Gasteiger partial charge < -0.3 is 15.2 Å². The fourth-order valence-electron chi connectivity index (χ4n) is 2.35. The summed E-state index contributed by atoms with van der Waals surface area (Å²) in [5.74, 6) is -0.343. The Kier molecular flexibility index (Phi) is 3.02. The van der Waals surface area contributed by atoms with Gasteiger partial charge in [0.25, 0.3) is 5.91 Å². The van der Waals surface area contributed by atoms with Crippen LogP contribution in [0.3, 0.4) is 0 Å². The zero-order valence-electron chi connectivity index (χ0n) is 11.1. The van der Waals surface area contributed by atoms with Crippen LogP contribution in [0.4, 0.5) is 5.69 Å². The Labute approximate surface area is 116 Å². The fourth-order valence-corrected chi connectivity index (χ4v) is 2.35. The van der Waals surface area contributed by atoms with E-state index in [0.717, 1.165) is 11.3 Å². The van der Waals surface area contributed by atoms with Crippen molar-refractivity contribution in [3.63, 3.8) is 0 Å². The van der Waals surface area contributed by atoms with Gasteiger partial charge in [-0.1, -0.05) is 18.2 Å². The number of benzene rings is 1. The van der Waals surface area contributed by atoms with E-state index in [-0.39, 0.29) is 11.8 Å². The zero-order valence-corrected chi connectivity index (χ0v) is 11.1. The van der Waals surface area contributed by atoms with E-state index in [1.165, 1.54) is 0 Å². The Hall–Kier alpha value is -2.56. The highest BCUT2D eigenvalue weighted by Gasteiger charge is 2.30. The number of aromatic nitrogens is 1. The molecular weight excluding hydrogens is 254 g/mol. The van der Waals surface area contributed by atoms with Crippen LogP contribution in [0.25, 0.3) is 0 Å². The van der Waals surface area contributed by atoms with Crippen molar-refractivity contribution in [1.82, 2.24) is 9.88 Å². The van der Waals surface area contributed by atoms with Gasteiger partial charge in [-0.15, -0.1) is 0 Å². The molecule has 2 heterocycles. The van der Waals surface area contributed by atoms with E-state index in [2.05, 4.69) is 10.3 Å². The number of nitrogens with one attached hydrogen (secondary N) is 2. The minimum Gasteiger partial charge on any atom is -0.357 e. The van der Waals surface area contributed by atoms with Crippen LogP contribution >= 0.6 is 0 Å². The first-order valence-electron chi connectivity index (χ1n) is 6.50. The molecule has 1 aromatic heterocycles. The molecule has 0 spiro atoms. The van der Waals surface area contributed by atoms with Gasteiger partial charge in [0.15, 0.2) is 0 Å². The third kappa shape index (κ3) is 2.07. The molecule has 2 N–H and O–H groups in total. The molecule has 0 aliphatic carbocycles. The number of rotatable bonds is 1. The predicted molar refractivity (Wildman–Crippen MR) is 75.2 cm³/mol. The lowest BCUT2D eigenvalue weighted by molar-refractivity contribution is -0.120. The standard InChI is InChI=1S/C15H15N3O2/c1-10-14(19)17-12-6-3-2-5-11(12)9-18(10)15(20)13-7-4-8-16-13/h2-8,10,16H,9H2,1H3,(H,17,19). The smallest absolute Gasteiger partial charge is 0.271 e. The number of para-hydroxylation sites is 1. The summed E-state index contributed by atoms with van der Waals surface area (Å²) in [4.78, 5) is 29.1. The first-order chi connectivity index (χ1) is 9.66. The van der Waals surface area contributed by atoms with Crippen molar-refractivity contribution in [2.45, 2.75) is 19.5 Å². The topological polar surface area (TPSA) is 65.2 Å². The second-order valence-corrected chi connectivity index (χ2v) is 4.84. The average molecular weight is 269 g/mol. The van der Waals surface area contributed by atoms with Crippen molar-refractivity contribution >= 4 is 17.5 Å². The van der Waals surface area contributed by atoms with Crippen molar-refractivity contribution in [1.29, 1.82) is 0 Å². The van der Waals surface area contributed by atoms with Gasteiger partial charge in [0.2, 0.25) is 5.91 Å². The first kappa shape index (κ1) is 12.5. The molecule has 1 aliphatic rings. The molecule has 0 fully saturated rings. The summed E-state index contributed by atoms with van der Waals surface area (Å²) < 4.78 is 0. The molecule has 102 valence electrons. The number of aromatic amines is 1. The minimum atomic E-state index is -0.516. The summed E-state index contributed by atoms with van der Waals surface area (Å²) >= 11 is 0. The van der Waals surface area contributed by atoms with E-state index in [9.17, 15) is 9.59 Å². The zero-order chi connectivity index (χ0) is 14.1. The molecule has 20 heavy (non-hydrogen) atoms. The van der Waals surface area contributed by atoms with E-state index >= 15 is 0 Å². The lowest BCUT2D eigenvalue weighted by Gasteiger charge is -2.25. The molecule has 0 radical (unpaired) electrons. The van der Waals surface area contributed by atoms with Crippen LogP contribution in [0.1, 0.15) is 23.0 Å². The molecule has 2 amide bonds. The lowest BCUT2D eigenvalue weighted by Crippen LogP contribution is -2.43. The molecule has 0 saturated heterocycles. The molecule has 2 aromatic rings. The van der Waals surface area contributed by atoms with Crippen LogP contribution in [0.5, 0.6) is 0 Å². The number of nitrogens with zero attached hydrogens (tertiary/aromatic N) is 1. The van der Waals surface area contributed by atoms with E-state index < -0.39 is 6.04 Å². The molecular formula is C15H15N3O2. The van der Waals surface area contributed by atoms with Gasteiger partial charge in [0.1, 0.15) is 11.7 Å². The summed E-state index contributed by atoms with van der Waals surface area (Å²) in [7, 11) is 0. The maximum atomic E-state index is 12.5. The Morgan fingerprint density at radius 2 is 2.05 bits per heavy atom. The Balaban J connectivity index is 1.98. The fraction of sp³-hybridized carbons (Fsp3) is 0.200. The number of fused-ring (bicyclic) bond motifs is 1. The number of carbonyl (C=O) groups is 2. The molecule has 3 rings (SSSR count). The number of amides is 2. The number of H-pyrrole nitrogens is 1. The van der Waals surface area contributed by atoms with E-state index in [1.54, 1.807) is 30.2 Å². The van der Waals surface area contributed by atoms with Gasteiger partial charge >= 0.3 is 0 Å². The highest BCUT2D eigenvalue weighted by Crippen LogP contribution is 2.23. The summed E-state index contributed by atoms with van der Waals surface area (Å²) in [5.41, 5.74) is 2.19. The van der Waals surface area contributed by atoms with E-state index in [0.29, 0.717) is 12.2 Å². The van der Waals surface area contributed by atoms with Crippen LogP contribution in [0, 0.1) is 0 Å². The Morgan fingerprint density at radius 3 is 2.80 bits per heavy atom. The third-order valence-corrected chi connectivity index (χ3v) is 3.55. The first-order valence-corrected chi connectivity index (χ1v) is 6.50. The highest BCUT2D eigenvalue weighted by atomic mass is 16.2. The maximum Gasteiger partial charge on any atom is 0.271 e. The maximum absolute atomic E-state index is 12.5. The van der Waals surface area contributed by atoms with Crippen LogP contribution < -0.4 is 5.32 Å². The van der Waals surface area contributed by atoms with Gasteiger partial charge in [-0.2, -0.15) is 0 Å². The molecule has 0 bridgehead atoms. The van der Waals surface area contributed by atoms with E-state index in [1.807, 2.05) is 24.3 Å². The normalized spacial score (nSPS) is 18.1. The average Bonchev–Trinajstić information content (AvgIpc) is 2.95. The number of anilines is 1. The van der Waals surface area contributed by atoms with Crippen molar-refractivity contribution < 1.29 is 9.59 Å². The van der Waals surface area contributed by atoms with Crippen molar-refractivity contribution in [2.24, 2.45) is 0 Å². The second kappa shape index (κ2) is 4.85. The van der Waals surface area contributed by atoms with Crippen LogP contribution in [0.15, 0.2) is 42.6 Å². The summed E-state index contributed by atoms with van der Waals surface area (Å²) in [5, 5.41) is 2.86. The molecule has 0 saturated carbocycles. The second-order valence-electron chi connectivity index (χ2n) is 4.84. The van der Waals surface area contributed by atoms with Crippen LogP contribution in [0.2, 0.25) is 0 Å². The molecule has 1 unspecified atom stereocenters. The van der Waals surface area contributed by atoms with Crippen molar-refractivity contribution in [3.05, 3.63) is 53.9 Å². The largest absolute Gasteiger partial charge is 0.357 e. The molecule has 5 nitrogen and oxygen atoms in total. The van der Waals surface area contributed by atoms with Crippen LogP contribution in [-0.2, 0) is 11.3 Å². The van der Waals surface area contributed by atoms with Crippen molar-refractivity contribution in [2.75, 3.05) is 5.32 Å². The van der Waals surface area contributed by atoms with Crippen molar-refractivity contribution in [3.8, 4) is 0 Å². The Bertz CT molecular complexity index is 649. The van der Waals surface area contributed by atoms with Gasteiger partial charge in [0.05, 0.1) is 0 Å². The summed E-state index contributed by atoms with van der Waals surface area (Å²) in [6.07, 6.45) is 1.70. The highest BCUT2D eigenvalue weighted by molar-refractivity contribution is 6.01. The molecule has 1 aliphatic heterocycles.